The Balaban J connectivity index is 2.10. The first-order valence-electron chi connectivity index (χ1n) is 10.6. The van der Waals surface area contributed by atoms with Crippen molar-refractivity contribution in [3.8, 4) is 0 Å². The maximum absolute atomic E-state index is 12.1. The molecular weight excluding hydrogens is 450 g/mol. The van der Waals surface area contributed by atoms with Crippen molar-refractivity contribution >= 4 is 27.9 Å². The summed E-state index contributed by atoms with van der Waals surface area (Å²) in [6.07, 6.45) is 12.9. The topological polar surface area (TPSA) is 36.4 Å². The highest BCUT2D eigenvalue weighted by Crippen LogP contribution is 2.26. The van der Waals surface area contributed by atoms with Crippen LogP contribution in [0.3, 0.4) is 0 Å². The molecule has 0 aliphatic carbocycles. The molecule has 1 atom stereocenters. The Morgan fingerprint density at radius 3 is 2.58 bits per heavy atom. The van der Waals surface area contributed by atoms with Crippen LogP contribution >= 0.6 is 15.9 Å². The van der Waals surface area contributed by atoms with Gasteiger partial charge in [0, 0.05) is 60.7 Å². The molecule has 31 heavy (non-hydrogen) atoms. The molecule has 1 aliphatic rings. The summed E-state index contributed by atoms with van der Waals surface area (Å²) in [6, 6.07) is 2.33. The highest BCUT2D eigenvalue weighted by Gasteiger charge is 2.19. The first-order valence-corrected chi connectivity index (χ1v) is 11.4. The number of carbonyl (C=O) groups excluding carboxylic acids is 1. The second-order valence-electron chi connectivity index (χ2n) is 8.21. The van der Waals surface area contributed by atoms with Crippen molar-refractivity contribution in [1.29, 1.82) is 0 Å². The van der Waals surface area contributed by atoms with Gasteiger partial charge in [-0.15, -0.1) is 0 Å². The number of pyridine rings is 1. The highest BCUT2D eigenvalue weighted by atomic mass is 79.9. The average molecular weight is 484 g/mol. The van der Waals surface area contributed by atoms with Gasteiger partial charge in [-0.05, 0) is 57.4 Å². The minimum Gasteiger partial charge on any atom is -0.345 e. The van der Waals surface area contributed by atoms with Crippen LogP contribution in [0.4, 0.5) is 0 Å². The maximum Gasteiger partial charge on any atom is 0.253 e. The normalized spacial score (nSPS) is 17.3. The number of nitrogens with zero attached hydrogens (tertiary/aromatic N) is 3. The Morgan fingerprint density at radius 1 is 1.32 bits per heavy atom. The zero-order valence-corrected chi connectivity index (χ0v) is 21.2. The summed E-state index contributed by atoms with van der Waals surface area (Å²) >= 11 is 3.64. The van der Waals surface area contributed by atoms with Gasteiger partial charge in [0.1, 0.15) is 0 Å². The molecule has 0 bridgehead atoms. The number of halogens is 1. The minimum absolute atomic E-state index is 0.0329. The van der Waals surface area contributed by atoms with E-state index in [0.717, 1.165) is 35.2 Å². The van der Waals surface area contributed by atoms with Gasteiger partial charge in [-0.1, -0.05) is 52.4 Å². The van der Waals surface area contributed by atoms with E-state index in [9.17, 15) is 4.79 Å². The average Bonchev–Trinajstić information content (AvgIpc) is 2.75. The van der Waals surface area contributed by atoms with Crippen LogP contribution in [-0.4, -0.2) is 53.9 Å². The Labute approximate surface area is 195 Å². The van der Waals surface area contributed by atoms with Gasteiger partial charge in [-0.3, -0.25) is 14.7 Å². The first-order chi connectivity index (χ1) is 14.6. The van der Waals surface area contributed by atoms with Crippen molar-refractivity contribution in [3.63, 3.8) is 0 Å². The lowest BCUT2D eigenvalue weighted by molar-refractivity contribution is -0.124. The lowest BCUT2D eigenvalue weighted by Gasteiger charge is -2.33. The molecule has 1 aliphatic heterocycles. The molecule has 1 amide bonds. The second-order valence-corrected chi connectivity index (χ2v) is 9.06. The van der Waals surface area contributed by atoms with Crippen molar-refractivity contribution in [2.45, 2.75) is 40.2 Å². The predicted molar refractivity (Wildman–Crippen MR) is 135 cm³/mol. The summed E-state index contributed by atoms with van der Waals surface area (Å²) in [5.74, 6) is -0.0329. The van der Waals surface area contributed by atoms with Crippen LogP contribution in [-0.2, 0) is 4.79 Å². The fourth-order valence-electron chi connectivity index (χ4n) is 3.56. The SMILES string of the molecule is C=C/C(=C\C=C(/C)C1=CCN(C(C)/C(C)=C/c2c(Br)ccnc2C)CC1)C(=O)N(C)C. The molecule has 0 radical (unpaired) electrons. The smallest absolute Gasteiger partial charge is 0.253 e. The zero-order valence-electron chi connectivity index (χ0n) is 19.6. The molecule has 2 rings (SSSR count). The lowest BCUT2D eigenvalue weighted by Crippen LogP contribution is -2.37. The molecule has 0 saturated carbocycles. The number of hydrogen-bond donors (Lipinski definition) is 0. The predicted octanol–water partition coefficient (Wildman–Crippen LogP) is 5.72. The maximum atomic E-state index is 12.1. The molecule has 0 aromatic carbocycles. The van der Waals surface area contributed by atoms with Crippen LogP contribution in [0.15, 0.2) is 69.9 Å². The van der Waals surface area contributed by atoms with E-state index in [2.05, 4.69) is 65.3 Å². The summed E-state index contributed by atoms with van der Waals surface area (Å²) in [4.78, 5) is 20.6. The van der Waals surface area contributed by atoms with Crippen LogP contribution in [0.5, 0.6) is 0 Å². The monoisotopic (exact) mass is 483 g/mol. The van der Waals surface area contributed by atoms with Gasteiger partial charge in [-0.2, -0.15) is 0 Å². The number of amides is 1. The standard InChI is InChI=1S/C26H34BrN3O/c1-8-22(26(31)29(6)7)10-9-18(2)23-12-15-30(16-13-23)21(5)19(3)17-24-20(4)28-14-11-25(24)27/h8-12,14,17,21H,1,13,15-16H2,2-7H3/b18-9+,19-17+,22-10+. The van der Waals surface area contributed by atoms with Crippen molar-refractivity contribution in [1.82, 2.24) is 14.8 Å². The number of allylic oxidation sites excluding steroid dienone is 3. The summed E-state index contributed by atoms with van der Waals surface area (Å²) in [6.45, 7) is 14.3. The van der Waals surface area contributed by atoms with Crippen LogP contribution < -0.4 is 0 Å². The highest BCUT2D eigenvalue weighted by molar-refractivity contribution is 9.10. The molecule has 4 nitrogen and oxygen atoms in total. The molecule has 0 spiro atoms. The van der Waals surface area contributed by atoms with E-state index in [4.69, 9.17) is 0 Å². The molecule has 1 aromatic heterocycles. The van der Waals surface area contributed by atoms with Crippen LogP contribution in [0.2, 0.25) is 0 Å². The molecule has 166 valence electrons. The van der Waals surface area contributed by atoms with E-state index in [1.807, 2.05) is 31.3 Å². The third kappa shape index (κ3) is 6.62. The number of hydrogen-bond acceptors (Lipinski definition) is 3. The van der Waals surface area contributed by atoms with Crippen LogP contribution in [0.25, 0.3) is 6.08 Å². The van der Waals surface area contributed by atoms with Crippen LogP contribution in [0.1, 0.15) is 38.4 Å². The van der Waals surface area contributed by atoms with E-state index in [0.29, 0.717) is 11.6 Å². The van der Waals surface area contributed by atoms with E-state index in [-0.39, 0.29) is 5.91 Å². The first kappa shape index (κ1) is 25.0. The Bertz CT molecular complexity index is 933. The number of aryl methyl sites for hydroxylation is 1. The number of aromatic nitrogens is 1. The van der Waals surface area contributed by atoms with Gasteiger partial charge in [0.25, 0.3) is 5.91 Å². The summed E-state index contributed by atoms with van der Waals surface area (Å²) in [5, 5.41) is 0. The van der Waals surface area contributed by atoms with Crippen molar-refractivity contribution < 1.29 is 4.79 Å². The quantitative estimate of drug-likeness (QED) is 0.367. The number of rotatable bonds is 7. The van der Waals surface area contributed by atoms with Crippen molar-refractivity contribution in [2.75, 3.05) is 27.2 Å². The third-order valence-electron chi connectivity index (χ3n) is 5.85. The van der Waals surface area contributed by atoms with Gasteiger partial charge in [-0.25, -0.2) is 0 Å². The van der Waals surface area contributed by atoms with Crippen molar-refractivity contribution in [2.24, 2.45) is 0 Å². The van der Waals surface area contributed by atoms with E-state index >= 15 is 0 Å². The zero-order chi connectivity index (χ0) is 23.1. The third-order valence-corrected chi connectivity index (χ3v) is 6.54. The van der Waals surface area contributed by atoms with Gasteiger partial charge in [0.15, 0.2) is 0 Å². The summed E-state index contributed by atoms with van der Waals surface area (Å²) in [5.41, 5.74) is 6.64. The summed E-state index contributed by atoms with van der Waals surface area (Å²) in [7, 11) is 3.50. The molecular formula is C26H34BrN3O. The van der Waals surface area contributed by atoms with E-state index in [1.165, 1.54) is 16.7 Å². The molecule has 1 aromatic rings. The molecule has 5 heteroatoms. The van der Waals surface area contributed by atoms with Crippen molar-refractivity contribution in [3.05, 3.63) is 81.2 Å². The number of carbonyl (C=O) groups is 1. The van der Waals surface area contributed by atoms with E-state index < -0.39 is 0 Å². The van der Waals surface area contributed by atoms with Crippen LogP contribution in [0, 0.1) is 6.92 Å². The number of likely N-dealkylation sites (N-methyl/N-ethyl adjacent to an activating group) is 1. The lowest BCUT2D eigenvalue weighted by atomic mass is 9.97. The van der Waals surface area contributed by atoms with E-state index in [1.54, 1.807) is 25.1 Å². The molecule has 0 fully saturated rings. The van der Waals surface area contributed by atoms with Gasteiger partial charge in [0.2, 0.25) is 0 Å². The molecule has 1 unspecified atom stereocenters. The summed E-state index contributed by atoms with van der Waals surface area (Å²) < 4.78 is 1.08. The van der Waals surface area contributed by atoms with Gasteiger partial charge >= 0.3 is 0 Å². The fourth-order valence-corrected chi connectivity index (χ4v) is 4.08. The Morgan fingerprint density at radius 2 is 2.03 bits per heavy atom. The molecule has 0 saturated heterocycles. The largest absolute Gasteiger partial charge is 0.345 e. The molecule has 0 N–H and O–H groups in total. The minimum atomic E-state index is -0.0329. The second kappa shape index (κ2) is 11.4. The van der Waals surface area contributed by atoms with Gasteiger partial charge < -0.3 is 4.90 Å². The fraction of sp³-hybridized carbons (Fsp3) is 0.385. The Hall–Kier alpha value is -2.24. The molecule has 2 heterocycles. The Kier molecular flexibility index (Phi) is 9.20. The van der Waals surface area contributed by atoms with Gasteiger partial charge in [0.05, 0.1) is 0 Å².